The third-order valence-electron chi connectivity index (χ3n) is 4.42. The van der Waals surface area contributed by atoms with Gasteiger partial charge in [0.25, 0.3) is 6.33 Å². The molecule has 0 fully saturated rings. The summed E-state index contributed by atoms with van der Waals surface area (Å²) in [6.07, 6.45) is 6.46. The number of aryl methyl sites for hydroxylation is 6. The average molecular weight is 556 g/mol. The molecule has 0 aliphatic heterocycles. The van der Waals surface area contributed by atoms with Crippen molar-refractivity contribution in [1.82, 2.24) is 4.57 Å². The predicted molar refractivity (Wildman–Crippen MR) is 98.5 cm³/mol. The van der Waals surface area contributed by atoms with Crippen LogP contribution in [0, 0.1) is 41.5 Å². The minimum atomic E-state index is 0. The molecule has 0 saturated heterocycles. The Kier molecular flexibility index (Phi) is 13.1. The molecule has 0 spiro atoms. The summed E-state index contributed by atoms with van der Waals surface area (Å²) >= 11 is 0. The van der Waals surface area contributed by atoms with Gasteiger partial charge in [-0.25, -0.2) is 9.13 Å². The number of imidazole rings is 1. The first-order chi connectivity index (χ1) is 10.9. The third kappa shape index (κ3) is 5.82. The third-order valence-corrected chi connectivity index (χ3v) is 4.42. The summed E-state index contributed by atoms with van der Waals surface area (Å²) in [5.74, 6) is 0. The molecule has 0 bridgehead atoms. The van der Waals surface area contributed by atoms with E-state index in [0.717, 1.165) is 0 Å². The van der Waals surface area contributed by atoms with Crippen molar-refractivity contribution in [3.05, 3.63) is 76.4 Å². The van der Waals surface area contributed by atoms with Crippen molar-refractivity contribution in [3.63, 3.8) is 0 Å². The van der Waals surface area contributed by atoms with Crippen LogP contribution < -0.4 is 4.57 Å². The summed E-state index contributed by atoms with van der Waals surface area (Å²) in [5, 5.41) is 0. The normalized spacial score (nSPS) is 9.07. The van der Waals surface area contributed by atoms with Crippen molar-refractivity contribution >= 4 is 0 Å². The first-order valence-electron chi connectivity index (χ1n) is 8.12. The molecule has 3 aromatic rings. The van der Waals surface area contributed by atoms with Gasteiger partial charge < -0.3 is 21.9 Å². The van der Waals surface area contributed by atoms with Crippen LogP contribution in [-0.4, -0.2) is 4.57 Å². The minimum absolute atomic E-state index is 0. The molecule has 1 aromatic heterocycles. The van der Waals surface area contributed by atoms with Crippen LogP contribution in [0.15, 0.2) is 43.0 Å². The zero-order valence-corrected chi connectivity index (χ0v) is 19.7. The first-order valence-corrected chi connectivity index (χ1v) is 8.12. The molecule has 6 nitrogen and oxygen atoms in total. The van der Waals surface area contributed by atoms with Gasteiger partial charge in [0, 0.05) is 20.4 Å². The smallest absolute Gasteiger partial charge is 0.254 e. The maximum Gasteiger partial charge on any atom is 0.254 e. The zero-order valence-electron chi connectivity index (χ0n) is 16.9. The van der Waals surface area contributed by atoms with Gasteiger partial charge in [0.2, 0.25) is 0 Å². The van der Waals surface area contributed by atoms with Crippen molar-refractivity contribution < 1.29 is 46.9 Å². The number of aromatic nitrogens is 2. The Morgan fingerprint density at radius 1 is 0.643 bits per heavy atom. The molecule has 1 radical (unpaired) electrons. The fraction of sp³-hybridized carbons (Fsp3) is 0.286. The minimum Gasteiger partial charge on any atom is -2.00 e. The van der Waals surface area contributed by atoms with E-state index >= 15 is 0 Å². The van der Waals surface area contributed by atoms with Crippen LogP contribution in [0.3, 0.4) is 0 Å². The van der Waals surface area contributed by atoms with Gasteiger partial charge in [-0.1, -0.05) is 35.4 Å². The van der Waals surface area contributed by atoms with E-state index in [-0.39, 0.29) is 42.3 Å². The molecule has 0 aliphatic rings. The van der Waals surface area contributed by atoms with Crippen LogP contribution >= 0.6 is 0 Å². The second-order valence-corrected chi connectivity index (χ2v) is 6.72. The van der Waals surface area contributed by atoms with Crippen LogP contribution in [0.1, 0.15) is 33.4 Å². The van der Waals surface area contributed by atoms with E-state index in [0.29, 0.717) is 0 Å². The number of rotatable bonds is 2. The molecule has 0 unspecified atom stereocenters. The quantitative estimate of drug-likeness (QED) is 0.422. The van der Waals surface area contributed by atoms with Gasteiger partial charge in [-0.2, -0.15) is 0 Å². The van der Waals surface area contributed by atoms with Crippen molar-refractivity contribution in [2.75, 3.05) is 0 Å². The SMILES string of the molecule is Cc1cc(C)c(-n2cc[n+](-c3c(C)cc(C)cc3C)c2)c(C)c1.[O-2].[O-2].[O-2].[O-2].[Re]. The summed E-state index contributed by atoms with van der Waals surface area (Å²) in [5.41, 5.74) is 10.4. The summed E-state index contributed by atoms with van der Waals surface area (Å²) in [7, 11) is 0. The molecule has 0 aliphatic carbocycles. The Bertz CT molecular complexity index is 789. The van der Waals surface area contributed by atoms with E-state index in [1.807, 2.05) is 0 Å². The van der Waals surface area contributed by atoms with Crippen molar-refractivity contribution in [3.8, 4) is 11.4 Å². The fourth-order valence-corrected chi connectivity index (χ4v) is 3.78. The molecule has 3 rings (SSSR count). The van der Waals surface area contributed by atoms with Gasteiger partial charge in [-0.3, -0.25) is 0 Å². The number of hydrogen-bond donors (Lipinski definition) is 0. The summed E-state index contributed by atoms with van der Waals surface area (Å²) in [6, 6.07) is 8.98. The van der Waals surface area contributed by atoms with Crippen LogP contribution in [0.2, 0.25) is 0 Å². The van der Waals surface area contributed by atoms with E-state index in [2.05, 4.69) is 93.7 Å². The fourth-order valence-electron chi connectivity index (χ4n) is 3.78. The second kappa shape index (κ2) is 11.9. The number of benzene rings is 2. The van der Waals surface area contributed by atoms with Crippen LogP contribution in [0.4, 0.5) is 0 Å². The van der Waals surface area contributed by atoms with Gasteiger partial charge in [-0.15, -0.1) is 0 Å². The van der Waals surface area contributed by atoms with E-state index < -0.39 is 0 Å². The number of nitrogens with zero attached hydrogens (tertiary/aromatic N) is 2. The molecule has 28 heavy (non-hydrogen) atoms. The molecule has 2 aromatic carbocycles. The van der Waals surface area contributed by atoms with E-state index in [9.17, 15) is 0 Å². The average Bonchev–Trinajstić information content (AvgIpc) is 2.85. The molecule has 0 N–H and O–H groups in total. The monoisotopic (exact) mass is 556 g/mol. The van der Waals surface area contributed by atoms with E-state index in [1.54, 1.807) is 0 Å². The molecule has 157 valence electrons. The van der Waals surface area contributed by atoms with Crippen molar-refractivity contribution in [1.29, 1.82) is 0 Å². The maximum atomic E-state index is 2.25. The van der Waals surface area contributed by atoms with Gasteiger partial charge in [0.05, 0.1) is 0 Å². The summed E-state index contributed by atoms with van der Waals surface area (Å²) in [4.78, 5) is 0. The Hall–Kier alpha value is -1.85. The largest absolute Gasteiger partial charge is 2.00 e. The summed E-state index contributed by atoms with van der Waals surface area (Å²) < 4.78 is 4.45. The van der Waals surface area contributed by atoms with Gasteiger partial charge in [0.15, 0.2) is 0 Å². The molecule has 7 heteroatoms. The van der Waals surface area contributed by atoms with Gasteiger partial charge >= 0.3 is 0 Å². The van der Waals surface area contributed by atoms with Crippen molar-refractivity contribution in [2.24, 2.45) is 0 Å². The topological polar surface area (TPSA) is 123 Å². The number of hydrogen-bond acceptors (Lipinski definition) is 0. The van der Waals surface area contributed by atoms with E-state index in [1.165, 1.54) is 44.8 Å². The molecular formula is C21H25N2O4Re-7. The van der Waals surface area contributed by atoms with Crippen LogP contribution in [0.25, 0.3) is 11.4 Å². The van der Waals surface area contributed by atoms with Crippen molar-refractivity contribution in [2.45, 2.75) is 41.5 Å². The zero-order chi connectivity index (χ0) is 16.7. The maximum absolute atomic E-state index is 2.25. The van der Waals surface area contributed by atoms with Crippen LogP contribution in [-0.2, 0) is 42.3 Å². The first kappa shape index (κ1) is 30.9. The molecule has 0 amide bonds. The Labute approximate surface area is 180 Å². The Morgan fingerprint density at radius 3 is 1.46 bits per heavy atom. The molecule has 0 saturated carbocycles. The van der Waals surface area contributed by atoms with Gasteiger partial charge in [-0.05, 0) is 63.8 Å². The Morgan fingerprint density at radius 2 is 1.04 bits per heavy atom. The molecular weight excluding hydrogens is 530 g/mol. The van der Waals surface area contributed by atoms with Gasteiger partial charge in [0.1, 0.15) is 23.8 Å². The molecule has 1 heterocycles. The Balaban J connectivity index is -0.00000125. The standard InChI is InChI=1S/C21H25N2.4O.Re/c1-14-9-16(3)20(17(4)10-14)22-7-8-23(13-22)21-18(5)11-15(2)12-19(21)6;;;;;/h7-13H,1-6H3;;;;;/q+1;4*-2;. The second-order valence-electron chi connectivity index (χ2n) is 6.72. The summed E-state index contributed by atoms with van der Waals surface area (Å²) in [6.45, 7) is 13.0. The predicted octanol–water partition coefficient (Wildman–Crippen LogP) is 4.13. The molecule has 0 atom stereocenters. The van der Waals surface area contributed by atoms with Crippen LogP contribution in [0.5, 0.6) is 0 Å². The van der Waals surface area contributed by atoms with E-state index in [4.69, 9.17) is 0 Å².